The van der Waals surface area contributed by atoms with Gasteiger partial charge in [0.15, 0.2) is 0 Å². The number of carbonyl (C=O) groups excluding carboxylic acids is 1. The van der Waals surface area contributed by atoms with Crippen molar-refractivity contribution in [1.29, 1.82) is 0 Å². The average Bonchev–Trinajstić information content (AvgIpc) is 2.87. The van der Waals surface area contributed by atoms with E-state index < -0.39 is 0 Å². The first-order valence-electron chi connectivity index (χ1n) is 7.46. The molecule has 7 heteroatoms. The molecular formula is C17H21ClN2O3S. The first-order valence-corrected chi connectivity index (χ1v) is 8.72. The Labute approximate surface area is 150 Å². The lowest BCUT2D eigenvalue weighted by Gasteiger charge is -2.13. The van der Waals surface area contributed by atoms with E-state index in [0.717, 1.165) is 6.42 Å². The van der Waals surface area contributed by atoms with Gasteiger partial charge in [0.05, 0.1) is 24.9 Å². The van der Waals surface area contributed by atoms with Gasteiger partial charge in [-0.3, -0.25) is 0 Å². The van der Waals surface area contributed by atoms with Crippen molar-refractivity contribution in [2.45, 2.75) is 20.3 Å². The molecule has 2 rings (SSSR count). The van der Waals surface area contributed by atoms with Gasteiger partial charge in [0, 0.05) is 17.5 Å². The maximum absolute atomic E-state index is 12.1. The molecule has 0 aliphatic heterocycles. The number of halogens is 1. The van der Waals surface area contributed by atoms with Gasteiger partial charge >= 0.3 is 6.03 Å². The van der Waals surface area contributed by atoms with Gasteiger partial charge in [0.1, 0.15) is 11.5 Å². The highest BCUT2D eigenvalue weighted by Gasteiger charge is 2.12. The third-order valence-electron chi connectivity index (χ3n) is 3.79. The molecule has 0 fully saturated rings. The third-order valence-corrected chi connectivity index (χ3v) is 5.15. The zero-order chi connectivity index (χ0) is 17.7. The van der Waals surface area contributed by atoms with Crippen LogP contribution in [-0.2, 0) is 6.42 Å². The van der Waals surface area contributed by atoms with Crippen LogP contribution in [0.2, 0.25) is 5.02 Å². The fourth-order valence-electron chi connectivity index (χ4n) is 2.24. The zero-order valence-electron chi connectivity index (χ0n) is 14.2. The lowest BCUT2D eigenvalue weighted by Crippen LogP contribution is -2.30. The molecule has 130 valence electrons. The van der Waals surface area contributed by atoms with Gasteiger partial charge in [0.25, 0.3) is 0 Å². The van der Waals surface area contributed by atoms with Crippen molar-refractivity contribution in [3.8, 4) is 11.5 Å². The van der Waals surface area contributed by atoms with Crippen LogP contribution in [0.5, 0.6) is 11.5 Å². The lowest BCUT2D eigenvalue weighted by atomic mass is 10.1. The number of methoxy groups -OCH3 is 2. The van der Waals surface area contributed by atoms with Gasteiger partial charge in [-0.15, -0.1) is 11.3 Å². The zero-order valence-corrected chi connectivity index (χ0v) is 15.7. The smallest absolute Gasteiger partial charge is 0.319 e. The number of hydrogen-bond acceptors (Lipinski definition) is 4. The van der Waals surface area contributed by atoms with Gasteiger partial charge < -0.3 is 20.1 Å². The van der Waals surface area contributed by atoms with E-state index >= 15 is 0 Å². The second kappa shape index (κ2) is 8.26. The van der Waals surface area contributed by atoms with Crippen LogP contribution in [0.3, 0.4) is 0 Å². The summed E-state index contributed by atoms with van der Waals surface area (Å²) in [4.78, 5) is 13.4. The van der Waals surface area contributed by atoms with Crippen LogP contribution in [0.25, 0.3) is 0 Å². The first kappa shape index (κ1) is 18.4. The molecular weight excluding hydrogens is 348 g/mol. The number of ether oxygens (including phenoxy) is 2. The molecule has 1 aromatic carbocycles. The van der Waals surface area contributed by atoms with E-state index in [4.69, 9.17) is 21.1 Å². The van der Waals surface area contributed by atoms with Crippen molar-refractivity contribution in [3.05, 3.63) is 38.5 Å². The summed E-state index contributed by atoms with van der Waals surface area (Å²) in [7, 11) is 3.04. The lowest BCUT2D eigenvalue weighted by molar-refractivity contribution is 0.252. The number of benzene rings is 1. The molecule has 2 amide bonds. The predicted octanol–water partition coefficient (Wildman–Crippen LogP) is 4.40. The quantitative estimate of drug-likeness (QED) is 0.794. The Balaban J connectivity index is 1.94. The van der Waals surface area contributed by atoms with E-state index in [1.165, 1.54) is 30.2 Å². The van der Waals surface area contributed by atoms with E-state index in [1.807, 2.05) is 0 Å². The summed E-state index contributed by atoms with van der Waals surface area (Å²) < 4.78 is 10.4. The molecule has 0 unspecified atom stereocenters. The molecule has 0 atom stereocenters. The van der Waals surface area contributed by atoms with Crippen molar-refractivity contribution in [2.75, 3.05) is 26.1 Å². The summed E-state index contributed by atoms with van der Waals surface area (Å²) >= 11 is 7.83. The summed E-state index contributed by atoms with van der Waals surface area (Å²) in [5.74, 6) is 0.971. The maximum atomic E-state index is 12.1. The van der Waals surface area contributed by atoms with Gasteiger partial charge in [0.2, 0.25) is 0 Å². The average molecular weight is 369 g/mol. The number of carbonyl (C=O) groups is 1. The first-order chi connectivity index (χ1) is 11.5. The molecule has 0 spiro atoms. The number of urea groups is 1. The molecule has 0 aliphatic carbocycles. The number of aryl methyl sites for hydroxylation is 1. The Hall–Kier alpha value is -1.92. The van der Waals surface area contributed by atoms with Crippen LogP contribution in [-0.4, -0.2) is 26.8 Å². The van der Waals surface area contributed by atoms with Crippen LogP contribution in [0, 0.1) is 13.8 Å². The number of amides is 2. The number of hydrogen-bond donors (Lipinski definition) is 2. The number of anilines is 1. The van der Waals surface area contributed by atoms with Gasteiger partial charge in [-0.2, -0.15) is 0 Å². The molecule has 1 aromatic heterocycles. The predicted molar refractivity (Wildman–Crippen MR) is 99.1 cm³/mol. The summed E-state index contributed by atoms with van der Waals surface area (Å²) in [6, 6.07) is 2.93. The topological polar surface area (TPSA) is 59.6 Å². The Bertz CT molecular complexity index is 731. The summed E-state index contributed by atoms with van der Waals surface area (Å²) in [5, 5.41) is 8.12. The van der Waals surface area contributed by atoms with Crippen molar-refractivity contribution in [3.63, 3.8) is 0 Å². The van der Waals surface area contributed by atoms with Crippen LogP contribution in [0.15, 0.2) is 17.5 Å². The van der Waals surface area contributed by atoms with E-state index in [-0.39, 0.29) is 6.03 Å². The maximum Gasteiger partial charge on any atom is 0.319 e. The minimum absolute atomic E-state index is 0.306. The summed E-state index contributed by atoms with van der Waals surface area (Å²) in [6.07, 6.45) is 0.796. The normalized spacial score (nSPS) is 10.4. The van der Waals surface area contributed by atoms with E-state index in [1.54, 1.807) is 23.5 Å². The fraction of sp³-hybridized carbons (Fsp3) is 0.353. The van der Waals surface area contributed by atoms with Crippen LogP contribution in [0.1, 0.15) is 16.0 Å². The largest absolute Gasteiger partial charge is 0.495 e. The monoisotopic (exact) mass is 368 g/mol. The second-order valence-electron chi connectivity index (χ2n) is 5.26. The molecule has 5 nitrogen and oxygen atoms in total. The molecule has 0 bridgehead atoms. The minimum Gasteiger partial charge on any atom is -0.495 e. The van der Waals surface area contributed by atoms with Crippen molar-refractivity contribution < 1.29 is 14.3 Å². The molecule has 0 saturated carbocycles. The molecule has 0 aliphatic rings. The molecule has 0 saturated heterocycles. The van der Waals surface area contributed by atoms with Gasteiger partial charge in [-0.1, -0.05) is 11.6 Å². The number of thiophene rings is 1. The number of rotatable bonds is 6. The Morgan fingerprint density at radius 1 is 1.21 bits per heavy atom. The Kier molecular flexibility index (Phi) is 6.34. The highest BCUT2D eigenvalue weighted by molar-refractivity contribution is 7.10. The van der Waals surface area contributed by atoms with Crippen LogP contribution in [0.4, 0.5) is 10.5 Å². The summed E-state index contributed by atoms with van der Waals surface area (Å²) in [5.41, 5.74) is 3.05. The minimum atomic E-state index is -0.306. The Morgan fingerprint density at radius 2 is 1.92 bits per heavy atom. The molecule has 0 radical (unpaired) electrons. The van der Waals surface area contributed by atoms with Gasteiger partial charge in [-0.05, 0) is 42.8 Å². The second-order valence-corrected chi connectivity index (χ2v) is 6.75. The standard InChI is InChI=1S/C17H21ClN2O3S/c1-10-11(2)24-9-12(10)5-6-19-17(21)20-14-7-13(18)15(22-3)8-16(14)23-4/h7-9H,5-6H2,1-4H3,(H2,19,20,21). The highest BCUT2D eigenvalue weighted by Crippen LogP contribution is 2.35. The molecule has 2 aromatic rings. The third kappa shape index (κ3) is 4.33. The van der Waals surface area contributed by atoms with Crippen molar-refractivity contribution in [1.82, 2.24) is 5.32 Å². The molecule has 24 heavy (non-hydrogen) atoms. The van der Waals surface area contributed by atoms with E-state index in [9.17, 15) is 4.79 Å². The van der Waals surface area contributed by atoms with Crippen molar-refractivity contribution >= 4 is 34.7 Å². The van der Waals surface area contributed by atoms with Crippen molar-refractivity contribution in [2.24, 2.45) is 0 Å². The van der Waals surface area contributed by atoms with E-state index in [2.05, 4.69) is 29.9 Å². The van der Waals surface area contributed by atoms with Crippen LogP contribution < -0.4 is 20.1 Å². The molecule has 2 N–H and O–H groups in total. The van der Waals surface area contributed by atoms with Crippen LogP contribution >= 0.6 is 22.9 Å². The SMILES string of the molecule is COc1cc(OC)c(NC(=O)NCCc2csc(C)c2C)cc1Cl. The fourth-order valence-corrected chi connectivity index (χ4v) is 3.41. The molecule has 1 heterocycles. The summed E-state index contributed by atoms with van der Waals surface area (Å²) in [6.45, 7) is 4.75. The highest BCUT2D eigenvalue weighted by atomic mass is 35.5. The van der Waals surface area contributed by atoms with E-state index in [0.29, 0.717) is 28.8 Å². The number of nitrogens with one attached hydrogen (secondary N) is 2. The Morgan fingerprint density at radius 3 is 2.50 bits per heavy atom. The van der Waals surface area contributed by atoms with Gasteiger partial charge in [-0.25, -0.2) is 4.79 Å².